The van der Waals surface area contributed by atoms with Gasteiger partial charge in [-0.15, -0.1) is 0 Å². The number of carboxylic acid groups (broad SMARTS) is 1. The first-order valence-corrected chi connectivity index (χ1v) is 8.59. The summed E-state index contributed by atoms with van der Waals surface area (Å²) in [6.45, 7) is -1.01. The topological polar surface area (TPSA) is 119 Å². The van der Waals surface area contributed by atoms with Crippen molar-refractivity contribution in [3.05, 3.63) is 66.5 Å². The van der Waals surface area contributed by atoms with Gasteiger partial charge in [-0.3, -0.25) is 0 Å². The van der Waals surface area contributed by atoms with Crippen LogP contribution in [0.2, 0.25) is 0 Å². The molecule has 1 rings (SSSR count). The Labute approximate surface area is 216 Å². The van der Waals surface area contributed by atoms with Gasteiger partial charge in [0.1, 0.15) is 36.5 Å². The number of aliphatic hydroxyl groups excluding tert-OH is 3. The summed E-state index contributed by atoms with van der Waals surface area (Å²) < 4.78 is 22.7. The van der Waals surface area contributed by atoms with Crippen LogP contribution in [0.4, 0.5) is 4.39 Å². The Morgan fingerprint density at radius 1 is 1.07 bits per heavy atom. The zero-order valence-electron chi connectivity index (χ0n) is 16.5. The number of carbonyl (C=O) groups excluding carboxylic acids is 1. The van der Waals surface area contributed by atoms with Crippen LogP contribution in [0.5, 0.6) is 5.75 Å². The van der Waals surface area contributed by atoms with E-state index in [1.807, 2.05) is 0 Å². The van der Waals surface area contributed by atoms with Crippen molar-refractivity contribution in [1.29, 1.82) is 0 Å². The van der Waals surface area contributed by atoms with Gasteiger partial charge in [0.15, 0.2) is 0 Å². The number of allylic oxidation sites excluding steroid dienone is 4. The minimum Gasteiger partial charge on any atom is -0.548 e. The van der Waals surface area contributed by atoms with Crippen LogP contribution in [0, 0.1) is 17.7 Å². The van der Waals surface area contributed by atoms with Crippen molar-refractivity contribution >= 4 is 5.97 Å². The number of carbonyl (C=O) groups is 1. The second-order valence-corrected chi connectivity index (χ2v) is 5.67. The molecule has 1 aromatic rings. The van der Waals surface area contributed by atoms with E-state index in [9.17, 15) is 29.6 Å². The minimum absolute atomic E-state index is 0. The van der Waals surface area contributed by atoms with E-state index < -0.39 is 30.9 Å². The third-order valence-corrected chi connectivity index (χ3v) is 3.22. The quantitative estimate of drug-likeness (QED) is 0.186. The maximum Gasteiger partial charge on any atom is 1.00 e. The summed E-state index contributed by atoms with van der Waals surface area (Å²) in [5, 5.41) is 39.0. The van der Waals surface area contributed by atoms with Crippen LogP contribution >= 0.6 is 0 Å². The molecule has 30 heavy (non-hydrogen) atoms. The second kappa shape index (κ2) is 17.4. The fourth-order valence-electron chi connectivity index (χ4n) is 1.79. The Morgan fingerprint density at radius 2 is 1.73 bits per heavy atom. The molecule has 0 radical (unpaired) electrons. The molecule has 0 fully saturated rings. The summed E-state index contributed by atoms with van der Waals surface area (Å²) in [7, 11) is 0. The van der Waals surface area contributed by atoms with Gasteiger partial charge >= 0.3 is 51.4 Å². The van der Waals surface area contributed by atoms with E-state index in [0.717, 1.165) is 0 Å². The normalized spacial score (nSPS) is 14.1. The van der Waals surface area contributed by atoms with Crippen LogP contribution < -0.4 is 61.2 Å². The van der Waals surface area contributed by atoms with Crippen molar-refractivity contribution in [2.24, 2.45) is 0 Å². The number of aliphatic carboxylic acids is 1. The van der Waals surface area contributed by atoms with E-state index in [1.54, 1.807) is 0 Å². The number of aliphatic hydroxyl groups is 3. The van der Waals surface area contributed by atoms with Crippen LogP contribution in [0.1, 0.15) is 0 Å². The number of ether oxygens (including phenoxy) is 2. The number of carboxylic acids is 1. The molecule has 0 heterocycles. The molecule has 3 N–H and O–H groups in total. The average Bonchev–Trinajstić information content (AvgIpc) is 2.69. The largest absolute Gasteiger partial charge is 1.00 e. The Kier molecular flexibility index (Phi) is 16.6. The fourth-order valence-corrected chi connectivity index (χ4v) is 1.79. The number of halogens is 1. The Hall–Kier alpha value is -1.32. The molecule has 0 unspecified atom stereocenters. The van der Waals surface area contributed by atoms with Crippen LogP contribution in [0.25, 0.3) is 0 Å². The summed E-state index contributed by atoms with van der Waals surface area (Å²) in [5.74, 6) is 3.99. The molecule has 0 bridgehead atoms. The van der Waals surface area contributed by atoms with E-state index in [1.165, 1.54) is 60.7 Å². The molecular weight excluding hydrogens is 422 g/mol. The van der Waals surface area contributed by atoms with Gasteiger partial charge in [-0.2, -0.15) is 0 Å². The standard InChI is InChI=1S/C21H23FO7.K/c22-16-9-11-18(12-10-16)29-13-17(23)7-5-3-1-2-4-6-8-19(24)20(25)14-28-15-21(26)27;/h2,4-12,17,19-20,23-25H,13-15H2,(H,26,27);/q;+1/p-1/b4-2+,7-5+,8-6+;/t17-,19+,20+;/m0./s1. The summed E-state index contributed by atoms with van der Waals surface area (Å²) >= 11 is 0. The summed E-state index contributed by atoms with van der Waals surface area (Å²) in [4.78, 5) is 10.2. The molecule has 1 aromatic carbocycles. The van der Waals surface area contributed by atoms with Gasteiger partial charge in [0, 0.05) is 0 Å². The van der Waals surface area contributed by atoms with E-state index in [0.29, 0.717) is 5.75 Å². The van der Waals surface area contributed by atoms with Gasteiger partial charge in [-0.05, 0) is 42.5 Å². The molecular formula is C21H22FKO7. The number of rotatable bonds is 11. The van der Waals surface area contributed by atoms with E-state index in [4.69, 9.17) is 4.74 Å². The average molecular weight is 444 g/mol. The van der Waals surface area contributed by atoms with Crippen molar-refractivity contribution < 1.29 is 90.5 Å². The molecule has 0 aliphatic rings. The van der Waals surface area contributed by atoms with Gasteiger partial charge in [0.2, 0.25) is 0 Å². The number of hydrogen-bond donors (Lipinski definition) is 3. The van der Waals surface area contributed by atoms with Crippen molar-refractivity contribution in [1.82, 2.24) is 0 Å². The van der Waals surface area contributed by atoms with E-state index >= 15 is 0 Å². The zero-order chi connectivity index (χ0) is 21.5. The fraction of sp³-hybridized carbons (Fsp3) is 0.286. The first-order valence-electron chi connectivity index (χ1n) is 8.59. The summed E-state index contributed by atoms with van der Waals surface area (Å²) in [6.07, 6.45) is 5.24. The predicted molar refractivity (Wildman–Crippen MR) is 101 cm³/mol. The van der Waals surface area contributed by atoms with Crippen molar-refractivity contribution in [2.45, 2.75) is 18.3 Å². The van der Waals surface area contributed by atoms with Crippen LogP contribution in [-0.2, 0) is 9.53 Å². The molecule has 0 aliphatic carbocycles. The van der Waals surface area contributed by atoms with Gasteiger partial charge in [0.05, 0.1) is 19.2 Å². The predicted octanol–water partition coefficient (Wildman–Crippen LogP) is -3.27. The molecule has 7 nitrogen and oxygen atoms in total. The maximum atomic E-state index is 12.8. The first kappa shape index (κ1) is 28.7. The summed E-state index contributed by atoms with van der Waals surface area (Å²) in [5.41, 5.74) is 0. The van der Waals surface area contributed by atoms with Crippen LogP contribution in [0.15, 0.2) is 60.7 Å². The monoisotopic (exact) mass is 444 g/mol. The van der Waals surface area contributed by atoms with Crippen LogP contribution in [0.3, 0.4) is 0 Å². The molecule has 3 atom stereocenters. The van der Waals surface area contributed by atoms with E-state index in [2.05, 4.69) is 16.6 Å². The van der Waals surface area contributed by atoms with Gasteiger partial charge in [-0.25, -0.2) is 4.39 Å². The van der Waals surface area contributed by atoms with Crippen molar-refractivity contribution in [3.63, 3.8) is 0 Å². The van der Waals surface area contributed by atoms with Gasteiger partial charge in [0.25, 0.3) is 0 Å². The summed E-state index contributed by atoms with van der Waals surface area (Å²) in [6, 6.07) is 5.43. The molecule has 0 spiro atoms. The number of benzene rings is 1. The SMILES string of the molecule is O=C([O-])COC[C@@H](O)[C@H](O)/C=C/C=C/C#C/C=C/[C@H](O)COc1ccc(F)cc1.[K+]. The zero-order valence-corrected chi connectivity index (χ0v) is 19.6. The Bertz CT molecular complexity index is 766. The minimum atomic E-state index is -1.41. The van der Waals surface area contributed by atoms with Crippen molar-refractivity contribution in [3.8, 4) is 17.6 Å². The molecule has 0 aromatic heterocycles. The van der Waals surface area contributed by atoms with E-state index in [-0.39, 0.29) is 70.4 Å². The van der Waals surface area contributed by atoms with Crippen molar-refractivity contribution in [2.75, 3.05) is 19.8 Å². The Morgan fingerprint density at radius 3 is 2.40 bits per heavy atom. The molecule has 156 valence electrons. The molecule has 0 amide bonds. The third kappa shape index (κ3) is 14.6. The number of hydrogen-bond acceptors (Lipinski definition) is 7. The molecule has 0 saturated heterocycles. The van der Waals surface area contributed by atoms with Crippen LogP contribution in [-0.4, -0.2) is 59.4 Å². The Balaban J connectivity index is 0.00000841. The molecule has 0 aliphatic heterocycles. The second-order valence-electron chi connectivity index (χ2n) is 5.67. The van der Waals surface area contributed by atoms with Gasteiger partial charge < -0.3 is 34.7 Å². The van der Waals surface area contributed by atoms with Gasteiger partial charge in [-0.1, -0.05) is 30.1 Å². The molecule has 9 heteroatoms. The molecule has 0 saturated carbocycles. The maximum absolute atomic E-state index is 12.8. The third-order valence-electron chi connectivity index (χ3n) is 3.22. The first-order chi connectivity index (χ1) is 13.9. The smallest absolute Gasteiger partial charge is 0.548 e.